The molecule has 0 unspecified atom stereocenters. The van der Waals surface area contributed by atoms with Gasteiger partial charge in [0.15, 0.2) is 0 Å². The van der Waals surface area contributed by atoms with Gasteiger partial charge in [-0.25, -0.2) is 0 Å². The summed E-state index contributed by atoms with van der Waals surface area (Å²) in [6, 6.07) is 5.46. The van der Waals surface area contributed by atoms with Crippen molar-refractivity contribution in [3.8, 4) is 16.9 Å². The lowest BCUT2D eigenvalue weighted by Crippen LogP contribution is -2.12. The van der Waals surface area contributed by atoms with Gasteiger partial charge in [-0.05, 0) is 29.2 Å². The molecule has 24 heavy (non-hydrogen) atoms. The summed E-state index contributed by atoms with van der Waals surface area (Å²) >= 11 is 0. The molecule has 0 aliphatic carbocycles. The van der Waals surface area contributed by atoms with E-state index in [-0.39, 0.29) is 16.7 Å². The first kappa shape index (κ1) is 17.8. The van der Waals surface area contributed by atoms with Crippen molar-refractivity contribution in [1.82, 2.24) is 4.98 Å². The number of aromatic nitrogens is 1. The van der Waals surface area contributed by atoms with E-state index in [0.29, 0.717) is 11.1 Å². The molecule has 2 N–H and O–H groups in total. The largest absolute Gasteiger partial charge is 0.507 e. The first-order valence-corrected chi connectivity index (χ1v) is 7.12. The van der Waals surface area contributed by atoms with Crippen molar-refractivity contribution in [2.75, 3.05) is 0 Å². The lowest BCUT2D eigenvalue weighted by atomic mass is 9.84. The number of rotatable bonds is 2. The van der Waals surface area contributed by atoms with Gasteiger partial charge in [0.2, 0.25) is 0 Å². The minimum absolute atomic E-state index is 0.192. The van der Waals surface area contributed by atoms with Crippen LogP contribution in [0.3, 0.4) is 0 Å². The topological polar surface area (TPSA) is 65.7 Å². The zero-order chi connectivity index (χ0) is 18.1. The number of alkyl halides is 3. The maximum absolute atomic E-state index is 12.6. The number of benzene rings is 1. The van der Waals surface area contributed by atoms with Gasteiger partial charge in [-0.2, -0.15) is 13.2 Å². The lowest BCUT2D eigenvalue weighted by molar-refractivity contribution is -0.141. The van der Waals surface area contributed by atoms with Gasteiger partial charge in [0, 0.05) is 22.9 Å². The molecule has 4 nitrogen and oxygen atoms in total. The molecule has 0 atom stereocenters. The fourth-order valence-corrected chi connectivity index (χ4v) is 2.19. The molecule has 1 aromatic carbocycles. The summed E-state index contributed by atoms with van der Waals surface area (Å²) in [5, 5.41) is 22.0. The molecule has 1 heterocycles. The highest BCUT2D eigenvalue weighted by Crippen LogP contribution is 2.37. The molecule has 0 saturated carbocycles. The van der Waals surface area contributed by atoms with E-state index in [4.69, 9.17) is 5.21 Å². The predicted octanol–water partition coefficient (Wildman–Crippen LogP) is 4.58. The van der Waals surface area contributed by atoms with Crippen LogP contribution in [0.2, 0.25) is 0 Å². The second-order valence-electron chi connectivity index (χ2n) is 6.39. The predicted molar refractivity (Wildman–Crippen MR) is 84.4 cm³/mol. The van der Waals surface area contributed by atoms with Crippen molar-refractivity contribution in [3.05, 3.63) is 47.3 Å². The average Bonchev–Trinajstić information content (AvgIpc) is 2.47. The fourth-order valence-electron chi connectivity index (χ4n) is 2.19. The summed E-state index contributed by atoms with van der Waals surface area (Å²) in [4.78, 5) is 3.42. The number of pyridine rings is 1. The Morgan fingerprint density at radius 3 is 2.25 bits per heavy atom. The van der Waals surface area contributed by atoms with Crippen molar-refractivity contribution in [1.29, 1.82) is 0 Å². The van der Waals surface area contributed by atoms with Crippen molar-refractivity contribution in [3.63, 3.8) is 0 Å². The Hall–Kier alpha value is -2.57. The molecule has 7 heteroatoms. The molecule has 2 rings (SSSR count). The van der Waals surface area contributed by atoms with E-state index in [2.05, 4.69) is 10.1 Å². The SMILES string of the molecule is CC(C)(C)c1cc(C=NO)c(O)c(-c2ccc(C(F)(F)F)nc2)c1. The third kappa shape index (κ3) is 3.67. The van der Waals surface area contributed by atoms with Crippen LogP contribution in [-0.2, 0) is 11.6 Å². The van der Waals surface area contributed by atoms with Crippen LogP contribution in [0.15, 0.2) is 35.6 Å². The van der Waals surface area contributed by atoms with Crippen molar-refractivity contribution in [2.24, 2.45) is 5.16 Å². The van der Waals surface area contributed by atoms with Crippen LogP contribution in [0.1, 0.15) is 37.6 Å². The summed E-state index contributed by atoms with van der Waals surface area (Å²) in [5.74, 6) is -0.192. The molecule has 0 spiro atoms. The third-order valence-corrected chi connectivity index (χ3v) is 3.57. The van der Waals surface area contributed by atoms with Crippen LogP contribution in [0.5, 0.6) is 5.75 Å². The molecule has 0 bridgehead atoms. The Labute approximate surface area is 137 Å². The average molecular weight is 338 g/mol. The molecular formula is C17H17F3N2O2. The summed E-state index contributed by atoms with van der Waals surface area (Å²) in [6.45, 7) is 5.86. The molecule has 1 aromatic heterocycles. The van der Waals surface area contributed by atoms with Crippen LogP contribution < -0.4 is 0 Å². The Kier molecular flexibility index (Phi) is 4.55. The molecule has 128 valence electrons. The van der Waals surface area contributed by atoms with Gasteiger partial charge in [-0.15, -0.1) is 0 Å². The Bertz CT molecular complexity index is 761. The highest BCUT2D eigenvalue weighted by Gasteiger charge is 2.32. The smallest absolute Gasteiger partial charge is 0.433 e. The first-order valence-electron chi connectivity index (χ1n) is 7.12. The Balaban J connectivity index is 2.62. The van der Waals surface area contributed by atoms with E-state index >= 15 is 0 Å². The highest BCUT2D eigenvalue weighted by molar-refractivity contribution is 5.89. The summed E-state index contributed by atoms with van der Waals surface area (Å²) in [5.41, 5.74) is 0.456. The standard InChI is InChI=1S/C17H17F3N2O2/c1-16(2,3)12-6-11(9-22-24)15(23)13(7-12)10-4-5-14(21-8-10)17(18,19)20/h4-9,23-24H,1-3H3. The zero-order valence-electron chi connectivity index (χ0n) is 13.4. The van der Waals surface area contributed by atoms with Gasteiger partial charge in [-0.1, -0.05) is 32.0 Å². The number of halogens is 3. The van der Waals surface area contributed by atoms with Crippen LogP contribution in [0.25, 0.3) is 11.1 Å². The van der Waals surface area contributed by atoms with Crippen LogP contribution in [0, 0.1) is 0 Å². The second kappa shape index (κ2) is 6.14. The Morgan fingerprint density at radius 1 is 1.12 bits per heavy atom. The summed E-state index contributed by atoms with van der Waals surface area (Å²) in [7, 11) is 0. The van der Waals surface area contributed by atoms with Crippen molar-refractivity contribution >= 4 is 6.21 Å². The van der Waals surface area contributed by atoms with E-state index in [1.54, 1.807) is 12.1 Å². The Morgan fingerprint density at radius 2 is 1.79 bits per heavy atom. The second-order valence-corrected chi connectivity index (χ2v) is 6.39. The van der Waals surface area contributed by atoms with Crippen molar-refractivity contribution < 1.29 is 23.5 Å². The third-order valence-electron chi connectivity index (χ3n) is 3.57. The highest BCUT2D eigenvalue weighted by atomic mass is 19.4. The van der Waals surface area contributed by atoms with Gasteiger partial charge < -0.3 is 10.3 Å². The molecule has 0 amide bonds. The van der Waals surface area contributed by atoms with Crippen molar-refractivity contribution in [2.45, 2.75) is 32.4 Å². The summed E-state index contributed by atoms with van der Waals surface area (Å²) < 4.78 is 37.9. The molecule has 0 radical (unpaired) electrons. The minimum atomic E-state index is -4.53. The molecule has 0 aliphatic heterocycles. The van der Waals surface area contributed by atoms with Gasteiger partial charge in [0.05, 0.1) is 6.21 Å². The quantitative estimate of drug-likeness (QED) is 0.478. The molecule has 0 saturated heterocycles. The van der Waals surface area contributed by atoms with E-state index in [9.17, 15) is 18.3 Å². The van der Waals surface area contributed by atoms with E-state index in [1.165, 1.54) is 6.07 Å². The number of aromatic hydroxyl groups is 1. The van der Waals surface area contributed by atoms with E-state index in [0.717, 1.165) is 24.0 Å². The number of phenols is 1. The number of oxime groups is 1. The van der Waals surface area contributed by atoms with Crippen LogP contribution in [0.4, 0.5) is 13.2 Å². The molecule has 0 fully saturated rings. The van der Waals surface area contributed by atoms with Crippen LogP contribution in [-0.4, -0.2) is 21.5 Å². The molecular weight excluding hydrogens is 321 g/mol. The number of hydrogen-bond donors (Lipinski definition) is 2. The maximum atomic E-state index is 12.6. The van der Waals surface area contributed by atoms with Gasteiger partial charge in [0.1, 0.15) is 11.4 Å². The van der Waals surface area contributed by atoms with Crippen LogP contribution >= 0.6 is 0 Å². The monoisotopic (exact) mass is 338 g/mol. The zero-order valence-corrected chi connectivity index (χ0v) is 13.4. The summed E-state index contributed by atoms with van der Waals surface area (Å²) in [6.07, 6.45) is -2.39. The van der Waals surface area contributed by atoms with Gasteiger partial charge in [0.25, 0.3) is 0 Å². The van der Waals surface area contributed by atoms with Gasteiger partial charge >= 0.3 is 6.18 Å². The molecule has 0 aliphatic rings. The maximum Gasteiger partial charge on any atom is 0.433 e. The lowest BCUT2D eigenvalue weighted by Gasteiger charge is -2.21. The number of hydrogen-bond acceptors (Lipinski definition) is 4. The first-order chi connectivity index (χ1) is 11.0. The molecule has 2 aromatic rings. The normalized spacial score (nSPS) is 12.8. The van der Waals surface area contributed by atoms with Gasteiger partial charge in [-0.3, -0.25) is 4.98 Å². The number of nitrogens with zero attached hydrogens (tertiary/aromatic N) is 2. The fraction of sp³-hybridized carbons (Fsp3) is 0.294. The minimum Gasteiger partial charge on any atom is -0.507 e. The van der Waals surface area contributed by atoms with E-state index in [1.807, 2.05) is 20.8 Å². The van der Waals surface area contributed by atoms with E-state index < -0.39 is 11.9 Å². The number of phenolic OH excluding ortho intramolecular Hbond substituents is 1.